The number of aryl methyl sites for hydroxylation is 2. The van der Waals surface area contributed by atoms with Crippen molar-refractivity contribution in [2.75, 3.05) is 0 Å². The lowest BCUT2D eigenvalue weighted by Crippen LogP contribution is -2.32. The highest BCUT2D eigenvalue weighted by molar-refractivity contribution is 7.10. The number of nitrogens with two attached hydrogens (primary N) is 1. The number of hydrogen-bond donors (Lipinski definition) is 1. The fourth-order valence-electron chi connectivity index (χ4n) is 2.76. The van der Waals surface area contributed by atoms with Gasteiger partial charge in [-0.1, -0.05) is 25.0 Å². The third-order valence-corrected chi connectivity index (χ3v) is 5.29. The van der Waals surface area contributed by atoms with Crippen LogP contribution in [0.2, 0.25) is 0 Å². The molecule has 100 valence electrons. The highest BCUT2D eigenvalue weighted by atomic mass is 32.1. The molecule has 0 bridgehead atoms. The number of aromatic nitrogens is 1. The Morgan fingerprint density at radius 1 is 1.16 bits per heavy atom. The van der Waals surface area contributed by atoms with Crippen LogP contribution >= 0.6 is 11.3 Å². The van der Waals surface area contributed by atoms with Gasteiger partial charge >= 0.3 is 0 Å². The minimum atomic E-state index is -0.164. The molecule has 1 saturated carbocycles. The van der Waals surface area contributed by atoms with Crippen molar-refractivity contribution >= 4 is 11.3 Å². The molecule has 1 aromatic carbocycles. The summed E-state index contributed by atoms with van der Waals surface area (Å²) in [4.78, 5) is 4.80. The first-order chi connectivity index (χ1) is 9.08. The first kappa shape index (κ1) is 12.8. The van der Waals surface area contributed by atoms with Gasteiger partial charge in [0.05, 0.1) is 11.2 Å². The van der Waals surface area contributed by atoms with Crippen molar-refractivity contribution < 1.29 is 0 Å². The maximum absolute atomic E-state index is 6.47. The van der Waals surface area contributed by atoms with Gasteiger partial charge in [0.15, 0.2) is 0 Å². The summed E-state index contributed by atoms with van der Waals surface area (Å²) < 4.78 is 0. The van der Waals surface area contributed by atoms with Crippen molar-refractivity contribution in [3.05, 3.63) is 39.7 Å². The highest BCUT2D eigenvalue weighted by Gasteiger charge is 2.34. The monoisotopic (exact) mass is 272 g/mol. The molecule has 1 fully saturated rings. The minimum absolute atomic E-state index is 0.164. The Balaban J connectivity index is 1.94. The van der Waals surface area contributed by atoms with Gasteiger partial charge in [-0.15, -0.1) is 11.3 Å². The summed E-state index contributed by atoms with van der Waals surface area (Å²) in [6.45, 7) is 4.28. The molecule has 19 heavy (non-hydrogen) atoms. The lowest BCUT2D eigenvalue weighted by molar-refractivity contribution is 0.459. The van der Waals surface area contributed by atoms with Gasteiger partial charge in [0.25, 0.3) is 0 Å². The molecule has 1 aliphatic rings. The van der Waals surface area contributed by atoms with Crippen LogP contribution < -0.4 is 5.73 Å². The lowest BCUT2D eigenvalue weighted by Gasteiger charge is -2.19. The zero-order chi connectivity index (χ0) is 13.5. The predicted octanol–water partition coefficient (Wildman–Crippen LogP) is 4.15. The van der Waals surface area contributed by atoms with Crippen LogP contribution in [0.4, 0.5) is 0 Å². The maximum atomic E-state index is 6.47. The van der Waals surface area contributed by atoms with E-state index in [2.05, 4.69) is 37.4 Å². The molecule has 1 aromatic heterocycles. The van der Waals surface area contributed by atoms with E-state index in [0.29, 0.717) is 0 Å². The van der Waals surface area contributed by atoms with E-state index in [-0.39, 0.29) is 5.54 Å². The smallest absolute Gasteiger partial charge is 0.113 e. The average molecular weight is 272 g/mol. The molecule has 1 heterocycles. The van der Waals surface area contributed by atoms with Crippen molar-refractivity contribution in [2.24, 2.45) is 5.73 Å². The minimum Gasteiger partial charge on any atom is -0.319 e. The highest BCUT2D eigenvalue weighted by Crippen LogP contribution is 2.39. The molecule has 2 nitrogen and oxygen atoms in total. The molecule has 0 saturated heterocycles. The lowest BCUT2D eigenvalue weighted by atomic mass is 10.0. The van der Waals surface area contributed by atoms with Gasteiger partial charge in [0.1, 0.15) is 5.01 Å². The second kappa shape index (κ2) is 4.73. The summed E-state index contributed by atoms with van der Waals surface area (Å²) in [5.41, 5.74) is 11.2. The molecule has 1 aliphatic carbocycles. The third kappa shape index (κ3) is 2.33. The van der Waals surface area contributed by atoms with Gasteiger partial charge in [-0.3, -0.25) is 0 Å². The topological polar surface area (TPSA) is 38.9 Å². The van der Waals surface area contributed by atoms with Gasteiger partial charge in [0.2, 0.25) is 0 Å². The summed E-state index contributed by atoms with van der Waals surface area (Å²) in [7, 11) is 0. The molecule has 0 atom stereocenters. The summed E-state index contributed by atoms with van der Waals surface area (Å²) >= 11 is 1.71. The Hall–Kier alpha value is -1.19. The van der Waals surface area contributed by atoms with Gasteiger partial charge in [-0.2, -0.15) is 0 Å². The van der Waals surface area contributed by atoms with Gasteiger partial charge < -0.3 is 5.73 Å². The van der Waals surface area contributed by atoms with Crippen LogP contribution in [0.5, 0.6) is 0 Å². The van der Waals surface area contributed by atoms with E-state index in [0.717, 1.165) is 23.5 Å². The standard InChI is InChI=1S/C16H20N2S/c1-11-5-6-13(9-12(11)2)14-10-19-15(18-14)16(17)7-3-4-8-16/h5-6,9-10H,3-4,7-8,17H2,1-2H3. The van der Waals surface area contributed by atoms with Crippen LogP contribution in [0.1, 0.15) is 41.8 Å². The van der Waals surface area contributed by atoms with Crippen LogP contribution in [0, 0.1) is 13.8 Å². The van der Waals surface area contributed by atoms with Crippen molar-refractivity contribution in [1.82, 2.24) is 4.98 Å². The molecule has 0 aliphatic heterocycles. The van der Waals surface area contributed by atoms with E-state index in [4.69, 9.17) is 10.7 Å². The van der Waals surface area contributed by atoms with E-state index in [1.165, 1.54) is 29.5 Å². The molecule has 2 N–H and O–H groups in total. The molecule has 3 rings (SSSR count). The molecule has 0 spiro atoms. The Morgan fingerprint density at radius 3 is 2.58 bits per heavy atom. The van der Waals surface area contributed by atoms with E-state index < -0.39 is 0 Å². The quantitative estimate of drug-likeness (QED) is 0.891. The van der Waals surface area contributed by atoms with Crippen LogP contribution in [-0.2, 0) is 5.54 Å². The zero-order valence-corrected chi connectivity index (χ0v) is 12.4. The number of thiazole rings is 1. The van der Waals surface area contributed by atoms with Crippen LogP contribution in [0.3, 0.4) is 0 Å². The van der Waals surface area contributed by atoms with Gasteiger partial charge in [-0.05, 0) is 43.9 Å². The fraction of sp³-hybridized carbons (Fsp3) is 0.438. The fourth-order valence-corrected chi connectivity index (χ4v) is 3.76. The molecular formula is C16H20N2S. The predicted molar refractivity (Wildman–Crippen MR) is 81.4 cm³/mol. The maximum Gasteiger partial charge on any atom is 0.113 e. The normalized spacial score (nSPS) is 17.8. The van der Waals surface area contributed by atoms with Crippen LogP contribution in [0.25, 0.3) is 11.3 Å². The summed E-state index contributed by atoms with van der Waals surface area (Å²) in [6.07, 6.45) is 4.61. The van der Waals surface area contributed by atoms with Crippen LogP contribution in [0.15, 0.2) is 23.6 Å². The third-order valence-electron chi connectivity index (χ3n) is 4.23. The first-order valence-electron chi connectivity index (χ1n) is 6.91. The van der Waals surface area contributed by atoms with E-state index >= 15 is 0 Å². The summed E-state index contributed by atoms with van der Waals surface area (Å²) in [6, 6.07) is 6.53. The van der Waals surface area contributed by atoms with Crippen molar-refractivity contribution in [3.8, 4) is 11.3 Å². The number of rotatable bonds is 2. The Morgan fingerprint density at radius 2 is 1.89 bits per heavy atom. The van der Waals surface area contributed by atoms with Crippen molar-refractivity contribution in [3.63, 3.8) is 0 Å². The molecular weight excluding hydrogens is 252 g/mol. The molecule has 0 radical (unpaired) electrons. The van der Waals surface area contributed by atoms with Crippen molar-refractivity contribution in [1.29, 1.82) is 0 Å². The first-order valence-corrected chi connectivity index (χ1v) is 7.79. The Bertz CT molecular complexity index is 595. The van der Waals surface area contributed by atoms with Crippen LogP contribution in [-0.4, -0.2) is 4.98 Å². The van der Waals surface area contributed by atoms with Crippen molar-refractivity contribution in [2.45, 2.75) is 45.1 Å². The molecule has 0 unspecified atom stereocenters. The van der Waals surface area contributed by atoms with Gasteiger partial charge in [0, 0.05) is 10.9 Å². The second-order valence-corrected chi connectivity index (χ2v) is 6.56. The van der Waals surface area contributed by atoms with Gasteiger partial charge in [-0.25, -0.2) is 4.98 Å². The molecule has 0 amide bonds. The molecule has 2 aromatic rings. The number of nitrogens with zero attached hydrogens (tertiary/aromatic N) is 1. The zero-order valence-electron chi connectivity index (χ0n) is 11.6. The van der Waals surface area contributed by atoms with E-state index in [9.17, 15) is 0 Å². The number of benzene rings is 1. The largest absolute Gasteiger partial charge is 0.319 e. The van der Waals surface area contributed by atoms with E-state index in [1.807, 2.05) is 0 Å². The SMILES string of the molecule is Cc1ccc(-c2csc(C3(N)CCCC3)n2)cc1C. The Kier molecular flexibility index (Phi) is 3.19. The molecule has 3 heteroatoms. The summed E-state index contributed by atoms with van der Waals surface area (Å²) in [5.74, 6) is 0. The Labute approximate surface area is 118 Å². The number of hydrogen-bond acceptors (Lipinski definition) is 3. The second-order valence-electron chi connectivity index (χ2n) is 5.70. The average Bonchev–Trinajstić information content (AvgIpc) is 3.02. The van der Waals surface area contributed by atoms with E-state index in [1.54, 1.807) is 11.3 Å². The summed E-state index contributed by atoms with van der Waals surface area (Å²) in [5, 5.41) is 3.25.